The summed E-state index contributed by atoms with van der Waals surface area (Å²) in [7, 11) is 0. The second kappa shape index (κ2) is 10.8. The zero-order valence-corrected chi connectivity index (χ0v) is 19.4. The van der Waals surface area contributed by atoms with Crippen LogP contribution in [0.2, 0.25) is 0 Å². The van der Waals surface area contributed by atoms with Crippen molar-refractivity contribution in [2.75, 3.05) is 5.75 Å². The third kappa shape index (κ3) is 5.78. The van der Waals surface area contributed by atoms with E-state index in [2.05, 4.69) is 48.4 Å². The highest BCUT2D eigenvalue weighted by atomic mass is 32.2. The largest absolute Gasteiger partial charge is 0.483 e. The third-order valence-corrected chi connectivity index (χ3v) is 6.83. The molecular formula is C23H34N4O2S. The van der Waals surface area contributed by atoms with Crippen LogP contribution in [0.5, 0.6) is 5.75 Å². The Hall–Kier alpha value is -2.02. The lowest BCUT2D eigenvalue weighted by atomic mass is 9.86. The molecule has 3 rings (SSSR count). The lowest BCUT2D eigenvalue weighted by molar-refractivity contribution is -0.119. The summed E-state index contributed by atoms with van der Waals surface area (Å²) < 4.78 is 8.12. The van der Waals surface area contributed by atoms with Gasteiger partial charge in [0.25, 0.3) is 0 Å². The van der Waals surface area contributed by atoms with Crippen molar-refractivity contribution in [3.8, 4) is 5.75 Å². The van der Waals surface area contributed by atoms with Gasteiger partial charge in [0.2, 0.25) is 5.91 Å². The van der Waals surface area contributed by atoms with Gasteiger partial charge in [0.05, 0.1) is 5.75 Å². The highest BCUT2D eigenvalue weighted by molar-refractivity contribution is 7.99. The van der Waals surface area contributed by atoms with Gasteiger partial charge in [-0.2, -0.15) is 0 Å². The molecule has 1 saturated carbocycles. The zero-order valence-electron chi connectivity index (χ0n) is 18.6. The molecule has 0 saturated heterocycles. The fourth-order valence-corrected chi connectivity index (χ4v) is 4.80. The van der Waals surface area contributed by atoms with Gasteiger partial charge in [0.15, 0.2) is 17.1 Å². The summed E-state index contributed by atoms with van der Waals surface area (Å²) in [5.41, 5.74) is 1.28. The van der Waals surface area contributed by atoms with Crippen LogP contribution < -0.4 is 10.1 Å². The summed E-state index contributed by atoms with van der Waals surface area (Å²) in [5, 5.41) is 12.7. The van der Waals surface area contributed by atoms with Crippen LogP contribution in [0.3, 0.4) is 0 Å². The standard InChI is InChI=1S/C23H34N4O2S/c1-5-18-11-13-19(14-12-18)29-17(4)22-25-26-23(27(22)6-2)30-15-21(28)24-20-10-8-7-9-16(20)3/h11-14,16-17,20H,5-10,15H2,1-4H3,(H,24,28)/t16-,17+,20+/m0/s1. The van der Waals surface area contributed by atoms with E-state index in [4.69, 9.17) is 4.74 Å². The second-order valence-corrected chi connectivity index (χ2v) is 9.01. The third-order valence-electron chi connectivity index (χ3n) is 5.86. The van der Waals surface area contributed by atoms with E-state index in [1.807, 2.05) is 23.6 Å². The number of ether oxygens (including phenoxy) is 1. The van der Waals surface area contributed by atoms with Gasteiger partial charge in [0.1, 0.15) is 5.75 Å². The van der Waals surface area contributed by atoms with Crippen molar-refractivity contribution in [3.63, 3.8) is 0 Å². The number of nitrogens with one attached hydrogen (secondary N) is 1. The van der Waals surface area contributed by atoms with Crippen molar-refractivity contribution in [1.29, 1.82) is 0 Å². The molecule has 0 bridgehead atoms. The van der Waals surface area contributed by atoms with Crippen LogP contribution in [0.1, 0.15) is 70.9 Å². The van der Waals surface area contributed by atoms with Crippen molar-refractivity contribution in [2.24, 2.45) is 5.92 Å². The quantitative estimate of drug-likeness (QED) is 0.580. The van der Waals surface area contributed by atoms with Gasteiger partial charge in [-0.3, -0.25) is 4.79 Å². The summed E-state index contributed by atoms with van der Waals surface area (Å²) >= 11 is 1.44. The number of nitrogens with zero attached hydrogens (tertiary/aromatic N) is 3. The van der Waals surface area contributed by atoms with Crippen molar-refractivity contribution in [3.05, 3.63) is 35.7 Å². The highest BCUT2D eigenvalue weighted by Gasteiger charge is 2.24. The van der Waals surface area contributed by atoms with Crippen LogP contribution in [0.15, 0.2) is 29.4 Å². The predicted molar refractivity (Wildman–Crippen MR) is 121 cm³/mol. The molecule has 2 aromatic rings. The number of rotatable bonds is 9. The second-order valence-electron chi connectivity index (χ2n) is 8.07. The number of hydrogen-bond acceptors (Lipinski definition) is 5. The molecule has 1 N–H and O–H groups in total. The molecule has 1 aromatic heterocycles. The van der Waals surface area contributed by atoms with E-state index in [-0.39, 0.29) is 12.0 Å². The fraction of sp³-hybridized carbons (Fsp3) is 0.609. The number of carbonyl (C=O) groups excluding carboxylic acids is 1. The van der Waals surface area contributed by atoms with E-state index in [0.29, 0.717) is 17.7 Å². The Morgan fingerprint density at radius 3 is 2.63 bits per heavy atom. The van der Waals surface area contributed by atoms with Gasteiger partial charge >= 0.3 is 0 Å². The minimum atomic E-state index is -0.226. The minimum absolute atomic E-state index is 0.0752. The number of amides is 1. The molecule has 0 spiro atoms. The van der Waals surface area contributed by atoms with E-state index in [1.54, 1.807) is 0 Å². The maximum atomic E-state index is 12.4. The molecule has 164 valence electrons. The molecule has 7 heteroatoms. The van der Waals surface area contributed by atoms with E-state index in [9.17, 15) is 4.79 Å². The first-order valence-electron chi connectivity index (χ1n) is 11.1. The zero-order chi connectivity index (χ0) is 21.5. The van der Waals surface area contributed by atoms with Gasteiger partial charge < -0.3 is 14.6 Å². The first kappa shape index (κ1) is 22.7. The number of hydrogen-bond donors (Lipinski definition) is 1. The normalized spacial score (nSPS) is 20.0. The maximum Gasteiger partial charge on any atom is 0.230 e. The summed E-state index contributed by atoms with van der Waals surface area (Å²) in [6.07, 6.45) is 5.54. The first-order chi connectivity index (χ1) is 14.5. The molecule has 1 heterocycles. The fourth-order valence-electron chi connectivity index (χ4n) is 3.97. The van der Waals surface area contributed by atoms with E-state index >= 15 is 0 Å². The molecule has 6 nitrogen and oxygen atoms in total. The Morgan fingerprint density at radius 1 is 1.23 bits per heavy atom. The van der Waals surface area contributed by atoms with Crippen molar-refractivity contribution < 1.29 is 9.53 Å². The smallest absolute Gasteiger partial charge is 0.230 e. The number of aryl methyl sites for hydroxylation is 1. The Bertz CT molecular complexity index is 821. The van der Waals surface area contributed by atoms with Crippen LogP contribution in [0.25, 0.3) is 0 Å². The Balaban J connectivity index is 1.58. The Morgan fingerprint density at radius 2 is 1.97 bits per heavy atom. The molecule has 1 aromatic carbocycles. The van der Waals surface area contributed by atoms with E-state index < -0.39 is 0 Å². The lowest BCUT2D eigenvalue weighted by Crippen LogP contribution is -2.41. The van der Waals surface area contributed by atoms with Gasteiger partial charge in [-0.25, -0.2) is 0 Å². The minimum Gasteiger partial charge on any atom is -0.483 e. The SMILES string of the molecule is CCc1ccc(O[C@H](C)c2nnc(SCC(=O)N[C@@H]3CCCC[C@@H]3C)n2CC)cc1. The van der Waals surface area contributed by atoms with Crippen molar-refractivity contribution in [1.82, 2.24) is 20.1 Å². The molecule has 0 unspecified atom stereocenters. The maximum absolute atomic E-state index is 12.4. The van der Waals surface area contributed by atoms with Crippen LogP contribution in [0, 0.1) is 5.92 Å². The van der Waals surface area contributed by atoms with Gasteiger partial charge in [-0.1, -0.05) is 50.6 Å². The Labute approximate surface area is 184 Å². The lowest BCUT2D eigenvalue weighted by Gasteiger charge is -2.29. The van der Waals surface area contributed by atoms with Gasteiger partial charge in [0, 0.05) is 12.6 Å². The number of benzene rings is 1. The molecule has 3 atom stereocenters. The molecule has 0 aliphatic heterocycles. The molecular weight excluding hydrogens is 396 g/mol. The van der Waals surface area contributed by atoms with Crippen molar-refractivity contribution >= 4 is 17.7 Å². The monoisotopic (exact) mass is 430 g/mol. The molecule has 30 heavy (non-hydrogen) atoms. The molecule has 1 fully saturated rings. The number of aromatic nitrogens is 3. The summed E-state index contributed by atoms with van der Waals surface area (Å²) in [5.74, 6) is 2.59. The highest BCUT2D eigenvalue weighted by Crippen LogP contribution is 2.26. The van der Waals surface area contributed by atoms with Crippen LogP contribution in [0.4, 0.5) is 0 Å². The Kier molecular flexibility index (Phi) is 8.19. The van der Waals surface area contributed by atoms with Crippen LogP contribution in [-0.2, 0) is 17.8 Å². The summed E-state index contributed by atoms with van der Waals surface area (Å²) in [6, 6.07) is 8.46. The van der Waals surface area contributed by atoms with E-state index in [0.717, 1.165) is 36.1 Å². The van der Waals surface area contributed by atoms with Gasteiger partial charge in [-0.15, -0.1) is 10.2 Å². The molecule has 1 amide bonds. The average molecular weight is 431 g/mol. The predicted octanol–water partition coefficient (Wildman–Crippen LogP) is 4.79. The first-order valence-corrected chi connectivity index (χ1v) is 12.1. The molecule has 1 aliphatic carbocycles. The topological polar surface area (TPSA) is 69.0 Å². The van der Waals surface area contributed by atoms with Crippen molar-refractivity contribution in [2.45, 2.75) is 83.6 Å². The van der Waals surface area contributed by atoms with Crippen LogP contribution in [-0.4, -0.2) is 32.5 Å². The number of carbonyl (C=O) groups is 1. The summed E-state index contributed by atoms with van der Waals surface area (Å²) in [6.45, 7) is 9.14. The van der Waals surface area contributed by atoms with Gasteiger partial charge in [-0.05, 0) is 56.7 Å². The van der Waals surface area contributed by atoms with E-state index in [1.165, 1.54) is 36.6 Å². The molecule has 1 aliphatic rings. The summed E-state index contributed by atoms with van der Waals surface area (Å²) in [4.78, 5) is 12.4. The number of thioether (sulfide) groups is 1. The van der Waals surface area contributed by atoms with Crippen LogP contribution >= 0.6 is 11.8 Å². The molecule has 0 radical (unpaired) electrons. The average Bonchev–Trinajstić information content (AvgIpc) is 3.17.